The van der Waals surface area contributed by atoms with Gasteiger partial charge in [-0.2, -0.15) is 5.10 Å². The molecule has 0 saturated heterocycles. The quantitative estimate of drug-likeness (QED) is 0.582. The van der Waals surface area contributed by atoms with Crippen LogP contribution in [-0.2, 0) is 0 Å². The summed E-state index contributed by atoms with van der Waals surface area (Å²) in [6.07, 6.45) is 1.40. The molecule has 23 heavy (non-hydrogen) atoms. The highest BCUT2D eigenvalue weighted by Crippen LogP contribution is 2.22. The number of hydrogen-bond donors (Lipinski definition) is 3. The van der Waals surface area contributed by atoms with Gasteiger partial charge in [0.25, 0.3) is 5.91 Å². The van der Waals surface area contributed by atoms with Crippen LogP contribution >= 0.6 is 23.2 Å². The summed E-state index contributed by atoms with van der Waals surface area (Å²) in [4.78, 5) is 22.7. The van der Waals surface area contributed by atoms with Crippen molar-refractivity contribution in [1.29, 1.82) is 0 Å². The maximum Gasteiger partial charge on any atom is 0.332 e. The van der Waals surface area contributed by atoms with E-state index in [1.807, 2.05) is 0 Å². The van der Waals surface area contributed by atoms with Crippen molar-refractivity contribution in [2.45, 2.75) is 0 Å². The van der Waals surface area contributed by atoms with Crippen LogP contribution in [0.4, 0.5) is 10.5 Å². The number of carbonyl (C=O) groups excluding carboxylic acids is 2. The lowest BCUT2D eigenvalue weighted by molar-refractivity contribution is 0.102. The van der Waals surface area contributed by atoms with E-state index in [0.717, 1.165) is 0 Å². The molecule has 8 heteroatoms. The fourth-order valence-electron chi connectivity index (χ4n) is 1.74. The van der Waals surface area contributed by atoms with Gasteiger partial charge in [0.15, 0.2) is 0 Å². The predicted molar refractivity (Wildman–Crippen MR) is 91.2 cm³/mol. The van der Waals surface area contributed by atoms with Crippen LogP contribution < -0.4 is 16.5 Å². The van der Waals surface area contributed by atoms with Crippen molar-refractivity contribution in [3.8, 4) is 0 Å². The Morgan fingerprint density at radius 1 is 1.13 bits per heavy atom. The number of anilines is 1. The highest BCUT2D eigenvalue weighted by Gasteiger charge is 2.11. The van der Waals surface area contributed by atoms with Gasteiger partial charge < -0.3 is 11.1 Å². The van der Waals surface area contributed by atoms with Crippen LogP contribution in [0.15, 0.2) is 47.6 Å². The fourth-order valence-corrected chi connectivity index (χ4v) is 2.23. The Morgan fingerprint density at radius 3 is 2.61 bits per heavy atom. The van der Waals surface area contributed by atoms with Crippen LogP contribution in [-0.4, -0.2) is 18.2 Å². The molecule has 0 aromatic heterocycles. The number of hydrogen-bond acceptors (Lipinski definition) is 3. The molecule has 2 aromatic rings. The molecule has 0 radical (unpaired) electrons. The summed E-state index contributed by atoms with van der Waals surface area (Å²) < 4.78 is 0. The van der Waals surface area contributed by atoms with Gasteiger partial charge in [-0.25, -0.2) is 10.2 Å². The average molecular weight is 351 g/mol. The topological polar surface area (TPSA) is 96.6 Å². The molecule has 118 valence electrons. The molecule has 4 N–H and O–H groups in total. The maximum atomic E-state index is 12.2. The van der Waals surface area contributed by atoms with Crippen molar-refractivity contribution < 1.29 is 9.59 Å². The van der Waals surface area contributed by atoms with E-state index in [1.165, 1.54) is 12.3 Å². The lowest BCUT2D eigenvalue weighted by Gasteiger charge is -2.07. The van der Waals surface area contributed by atoms with Gasteiger partial charge in [0.2, 0.25) is 0 Å². The van der Waals surface area contributed by atoms with Crippen molar-refractivity contribution in [3.63, 3.8) is 0 Å². The number of carbonyl (C=O) groups is 2. The first-order valence-electron chi connectivity index (χ1n) is 6.40. The summed E-state index contributed by atoms with van der Waals surface area (Å²) in [6.45, 7) is 0. The van der Waals surface area contributed by atoms with Crippen LogP contribution in [0.5, 0.6) is 0 Å². The number of hydrazone groups is 1. The summed E-state index contributed by atoms with van der Waals surface area (Å²) in [5, 5.41) is 7.08. The minimum Gasteiger partial charge on any atom is -0.350 e. The number of halogens is 2. The molecule has 0 atom stereocenters. The molecule has 0 aliphatic heterocycles. The zero-order valence-electron chi connectivity index (χ0n) is 11.7. The lowest BCUT2D eigenvalue weighted by Crippen LogP contribution is -2.24. The van der Waals surface area contributed by atoms with Crippen LogP contribution in [0.25, 0.3) is 0 Å². The number of nitrogens with one attached hydrogen (secondary N) is 2. The second-order valence-corrected chi connectivity index (χ2v) is 5.28. The monoisotopic (exact) mass is 350 g/mol. The van der Waals surface area contributed by atoms with Crippen molar-refractivity contribution in [1.82, 2.24) is 5.43 Å². The summed E-state index contributed by atoms with van der Waals surface area (Å²) in [5.41, 5.74) is 8.50. The minimum absolute atomic E-state index is 0.262. The standard InChI is InChI=1S/C15H12Cl2N4O2/c16-10-4-5-12(13(17)7-10)14(22)20-11-3-1-2-9(6-11)8-19-21-15(18)23/h1-8H,(H,20,22)(H3,18,21,23)/b19-8-. The molecule has 0 aliphatic rings. The van der Waals surface area contributed by atoms with Crippen molar-refractivity contribution in [3.05, 3.63) is 63.6 Å². The van der Waals surface area contributed by atoms with Gasteiger partial charge in [-0.1, -0.05) is 35.3 Å². The zero-order valence-corrected chi connectivity index (χ0v) is 13.2. The molecule has 6 nitrogen and oxygen atoms in total. The van der Waals surface area contributed by atoms with Crippen molar-refractivity contribution >= 4 is 47.0 Å². The largest absolute Gasteiger partial charge is 0.350 e. The molecule has 0 heterocycles. The maximum absolute atomic E-state index is 12.2. The van der Waals surface area contributed by atoms with E-state index >= 15 is 0 Å². The molecule has 0 aliphatic carbocycles. The van der Waals surface area contributed by atoms with Gasteiger partial charge in [-0.3, -0.25) is 4.79 Å². The van der Waals surface area contributed by atoms with E-state index in [2.05, 4.69) is 15.8 Å². The molecule has 0 fully saturated rings. The highest BCUT2D eigenvalue weighted by molar-refractivity contribution is 6.37. The first-order chi connectivity index (χ1) is 11.0. The fraction of sp³-hybridized carbons (Fsp3) is 0. The molecule has 0 saturated carbocycles. The Morgan fingerprint density at radius 2 is 1.91 bits per heavy atom. The molecular formula is C15H12Cl2N4O2. The minimum atomic E-state index is -0.761. The van der Waals surface area contributed by atoms with E-state index in [0.29, 0.717) is 21.8 Å². The van der Waals surface area contributed by atoms with Crippen molar-refractivity contribution in [2.24, 2.45) is 10.8 Å². The smallest absolute Gasteiger partial charge is 0.332 e. The second kappa shape index (κ2) is 7.62. The van der Waals surface area contributed by atoms with E-state index in [9.17, 15) is 9.59 Å². The molecule has 0 unspecified atom stereocenters. The van der Waals surface area contributed by atoms with Crippen LogP contribution in [0.1, 0.15) is 15.9 Å². The van der Waals surface area contributed by atoms with Crippen LogP contribution in [0.2, 0.25) is 10.0 Å². The molecule has 2 rings (SSSR count). The third-order valence-corrected chi connectivity index (χ3v) is 3.26. The van der Waals surface area contributed by atoms with Crippen molar-refractivity contribution in [2.75, 3.05) is 5.32 Å². The van der Waals surface area contributed by atoms with Crippen LogP contribution in [0.3, 0.4) is 0 Å². The van der Waals surface area contributed by atoms with E-state index in [1.54, 1.807) is 36.4 Å². The second-order valence-electron chi connectivity index (χ2n) is 4.44. The summed E-state index contributed by atoms with van der Waals surface area (Å²) >= 11 is 11.8. The summed E-state index contributed by atoms with van der Waals surface area (Å²) in [6, 6.07) is 10.7. The first kappa shape index (κ1) is 16.8. The summed E-state index contributed by atoms with van der Waals surface area (Å²) in [7, 11) is 0. The Kier molecular flexibility index (Phi) is 5.56. The van der Waals surface area contributed by atoms with Gasteiger partial charge in [-0.05, 0) is 35.9 Å². The lowest BCUT2D eigenvalue weighted by atomic mass is 10.2. The van der Waals surface area contributed by atoms with E-state index < -0.39 is 6.03 Å². The zero-order chi connectivity index (χ0) is 16.8. The van der Waals surface area contributed by atoms with Gasteiger partial charge in [0, 0.05) is 10.7 Å². The normalized spacial score (nSPS) is 10.5. The Bertz CT molecular complexity index is 778. The van der Waals surface area contributed by atoms with Gasteiger partial charge in [0.1, 0.15) is 0 Å². The van der Waals surface area contributed by atoms with E-state index in [4.69, 9.17) is 28.9 Å². The third kappa shape index (κ3) is 4.98. The number of urea groups is 1. The Hall–Kier alpha value is -2.57. The molecular weight excluding hydrogens is 339 g/mol. The number of amides is 3. The van der Waals surface area contributed by atoms with Crippen LogP contribution in [0, 0.1) is 0 Å². The molecule has 0 spiro atoms. The SMILES string of the molecule is NC(=O)N/N=C\c1cccc(NC(=O)c2ccc(Cl)cc2Cl)c1. The first-order valence-corrected chi connectivity index (χ1v) is 7.16. The number of nitrogens with two attached hydrogens (primary N) is 1. The number of rotatable bonds is 4. The molecule has 3 amide bonds. The van der Waals surface area contributed by atoms with Gasteiger partial charge in [0.05, 0.1) is 16.8 Å². The van der Waals surface area contributed by atoms with Gasteiger partial charge >= 0.3 is 6.03 Å². The Balaban J connectivity index is 2.12. The molecule has 2 aromatic carbocycles. The number of primary amides is 1. The average Bonchev–Trinajstić information content (AvgIpc) is 2.47. The molecule has 0 bridgehead atoms. The highest BCUT2D eigenvalue weighted by atomic mass is 35.5. The number of nitrogens with zero attached hydrogens (tertiary/aromatic N) is 1. The van der Waals surface area contributed by atoms with Gasteiger partial charge in [-0.15, -0.1) is 0 Å². The summed E-state index contributed by atoms with van der Waals surface area (Å²) in [5.74, 6) is -0.365. The predicted octanol–water partition coefficient (Wildman–Crippen LogP) is 3.25. The Labute approximate surface area is 142 Å². The number of benzene rings is 2. The third-order valence-electron chi connectivity index (χ3n) is 2.71. The van der Waals surface area contributed by atoms with E-state index in [-0.39, 0.29) is 10.9 Å².